The van der Waals surface area contributed by atoms with Crippen LogP contribution in [0.3, 0.4) is 0 Å². The standard InChI is InChI=1S/C20H18N2O3/c23-18(9-10-22-19(24)7-8-20(22)25)21-15-6-5-14-11-13-3-1-2-4-16(13)17(14)12-15/h1-6,12H,7-11H2,(H,21,23). The van der Waals surface area contributed by atoms with Crippen LogP contribution in [0.1, 0.15) is 30.4 Å². The first-order valence-electron chi connectivity index (χ1n) is 8.46. The number of amides is 3. The fraction of sp³-hybridized carbons (Fsp3) is 0.250. The lowest BCUT2D eigenvalue weighted by Gasteiger charge is -2.13. The molecule has 3 amide bonds. The highest BCUT2D eigenvalue weighted by molar-refractivity contribution is 6.02. The largest absolute Gasteiger partial charge is 0.326 e. The number of carbonyl (C=O) groups excluding carboxylic acids is 3. The second-order valence-electron chi connectivity index (χ2n) is 6.44. The van der Waals surface area contributed by atoms with E-state index in [-0.39, 0.29) is 43.5 Å². The van der Waals surface area contributed by atoms with Crippen LogP contribution < -0.4 is 5.32 Å². The van der Waals surface area contributed by atoms with Crippen molar-refractivity contribution in [3.8, 4) is 11.1 Å². The average molecular weight is 334 g/mol. The summed E-state index contributed by atoms with van der Waals surface area (Å²) in [6.07, 6.45) is 1.54. The number of rotatable bonds is 4. The molecular weight excluding hydrogens is 316 g/mol. The lowest BCUT2D eigenvalue weighted by Crippen LogP contribution is -2.32. The summed E-state index contributed by atoms with van der Waals surface area (Å²) in [5.41, 5.74) is 5.65. The number of fused-ring (bicyclic) bond motifs is 3. The van der Waals surface area contributed by atoms with Gasteiger partial charge in [0.15, 0.2) is 0 Å². The van der Waals surface area contributed by atoms with E-state index in [1.54, 1.807) is 0 Å². The lowest BCUT2D eigenvalue weighted by atomic mass is 10.1. The summed E-state index contributed by atoms with van der Waals surface area (Å²) in [5, 5.41) is 2.87. The van der Waals surface area contributed by atoms with Gasteiger partial charge in [0, 0.05) is 31.5 Å². The van der Waals surface area contributed by atoms with E-state index in [1.807, 2.05) is 30.3 Å². The molecule has 1 N–H and O–H groups in total. The molecule has 0 atom stereocenters. The van der Waals surface area contributed by atoms with Crippen LogP contribution in [0, 0.1) is 0 Å². The van der Waals surface area contributed by atoms with Crippen LogP contribution in [0.15, 0.2) is 42.5 Å². The maximum absolute atomic E-state index is 12.2. The van der Waals surface area contributed by atoms with E-state index in [0.29, 0.717) is 0 Å². The summed E-state index contributed by atoms with van der Waals surface area (Å²) in [5.74, 6) is -0.572. The van der Waals surface area contributed by atoms with Crippen LogP contribution >= 0.6 is 0 Å². The molecule has 2 aromatic rings. The van der Waals surface area contributed by atoms with Crippen molar-refractivity contribution >= 4 is 23.4 Å². The predicted octanol–water partition coefficient (Wildman–Crippen LogP) is 2.74. The van der Waals surface area contributed by atoms with E-state index >= 15 is 0 Å². The molecule has 0 bridgehead atoms. The minimum Gasteiger partial charge on any atom is -0.326 e. The third-order valence-electron chi connectivity index (χ3n) is 4.80. The molecule has 5 nitrogen and oxygen atoms in total. The summed E-state index contributed by atoms with van der Waals surface area (Å²) < 4.78 is 0. The maximum atomic E-state index is 12.2. The Balaban J connectivity index is 1.43. The maximum Gasteiger partial charge on any atom is 0.229 e. The predicted molar refractivity (Wildman–Crippen MR) is 93.9 cm³/mol. The van der Waals surface area contributed by atoms with Gasteiger partial charge in [0.2, 0.25) is 17.7 Å². The third-order valence-corrected chi connectivity index (χ3v) is 4.80. The Morgan fingerprint density at radius 3 is 2.48 bits per heavy atom. The monoisotopic (exact) mass is 334 g/mol. The first-order chi connectivity index (χ1) is 12.1. The van der Waals surface area contributed by atoms with Gasteiger partial charge in [-0.1, -0.05) is 30.3 Å². The Bertz CT molecular complexity index is 872. The van der Waals surface area contributed by atoms with Crippen molar-refractivity contribution < 1.29 is 14.4 Å². The van der Waals surface area contributed by atoms with E-state index in [9.17, 15) is 14.4 Å². The first kappa shape index (κ1) is 15.6. The van der Waals surface area contributed by atoms with Crippen LogP contribution in [0.4, 0.5) is 5.69 Å². The zero-order chi connectivity index (χ0) is 17.4. The number of nitrogens with one attached hydrogen (secondary N) is 1. The summed E-state index contributed by atoms with van der Waals surface area (Å²) >= 11 is 0. The average Bonchev–Trinajstić information content (AvgIpc) is 3.13. The number of anilines is 1. The van der Waals surface area contributed by atoms with E-state index in [0.717, 1.165) is 17.7 Å². The van der Waals surface area contributed by atoms with Crippen molar-refractivity contribution in [1.29, 1.82) is 0 Å². The quantitative estimate of drug-likeness (QED) is 0.746. The molecule has 0 saturated carbocycles. The summed E-state index contributed by atoms with van der Waals surface area (Å²) in [7, 11) is 0. The van der Waals surface area contributed by atoms with Gasteiger partial charge in [0.1, 0.15) is 0 Å². The summed E-state index contributed by atoms with van der Waals surface area (Å²) in [4.78, 5) is 36.5. The molecule has 0 aromatic heterocycles. The van der Waals surface area contributed by atoms with Gasteiger partial charge in [-0.05, 0) is 40.8 Å². The van der Waals surface area contributed by atoms with Crippen molar-refractivity contribution in [2.75, 3.05) is 11.9 Å². The minimum absolute atomic E-state index is 0.116. The van der Waals surface area contributed by atoms with Gasteiger partial charge in [0.25, 0.3) is 0 Å². The number of nitrogens with zero attached hydrogens (tertiary/aromatic N) is 1. The second kappa shape index (κ2) is 6.16. The Morgan fingerprint density at radius 1 is 0.960 bits per heavy atom. The molecule has 4 rings (SSSR count). The molecule has 0 radical (unpaired) electrons. The molecule has 0 spiro atoms. The topological polar surface area (TPSA) is 66.5 Å². The van der Waals surface area contributed by atoms with Gasteiger partial charge in [-0.15, -0.1) is 0 Å². The molecule has 2 aliphatic rings. The molecule has 1 aliphatic heterocycles. The Hall–Kier alpha value is -2.95. The van der Waals surface area contributed by atoms with E-state index in [4.69, 9.17) is 0 Å². The Labute approximate surface area is 145 Å². The Morgan fingerprint density at radius 2 is 1.68 bits per heavy atom. The summed E-state index contributed by atoms with van der Waals surface area (Å²) in [6.45, 7) is 0.150. The van der Waals surface area contributed by atoms with Crippen LogP contribution in [-0.2, 0) is 20.8 Å². The molecule has 0 unspecified atom stereocenters. The number of carbonyl (C=O) groups is 3. The smallest absolute Gasteiger partial charge is 0.229 e. The van der Waals surface area contributed by atoms with Crippen molar-refractivity contribution in [1.82, 2.24) is 4.90 Å². The molecule has 1 saturated heterocycles. The minimum atomic E-state index is -0.196. The van der Waals surface area contributed by atoms with Gasteiger partial charge < -0.3 is 5.32 Å². The highest BCUT2D eigenvalue weighted by Crippen LogP contribution is 2.37. The Kier molecular flexibility index (Phi) is 3.84. The highest BCUT2D eigenvalue weighted by atomic mass is 16.2. The second-order valence-corrected chi connectivity index (χ2v) is 6.44. The van der Waals surface area contributed by atoms with Crippen molar-refractivity contribution in [2.45, 2.75) is 25.7 Å². The first-order valence-corrected chi connectivity index (χ1v) is 8.46. The number of imide groups is 1. The van der Waals surface area contributed by atoms with E-state index < -0.39 is 0 Å². The number of hydrogen-bond acceptors (Lipinski definition) is 3. The normalized spacial score (nSPS) is 15.3. The number of benzene rings is 2. The fourth-order valence-electron chi connectivity index (χ4n) is 3.51. The molecule has 1 heterocycles. The highest BCUT2D eigenvalue weighted by Gasteiger charge is 2.28. The molecular formula is C20H18N2O3. The van der Waals surface area contributed by atoms with Crippen LogP contribution in [-0.4, -0.2) is 29.2 Å². The molecule has 25 heavy (non-hydrogen) atoms. The van der Waals surface area contributed by atoms with Gasteiger partial charge in [-0.3, -0.25) is 19.3 Å². The molecule has 1 fully saturated rings. The number of hydrogen-bond donors (Lipinski definition) is 1. The van der Waals surface area contributed by atoms with Crippen LogP contribution in [0.2, 0.25) is 0 Å². The van der Waals surface area contributed by atoms with Gasteiger partial charge in [-0.25, -0.2) is 0 Å². The van der Waals surface area contributed by atoms with Gasteiger partial charge in [-0.2, -0.15) is 0 Å². The third kappa shape index (κ3) is 2.93. The molecule has 1 aliphatic carbocycles. The van der Waals surface area contributed by atoms with Crippen LogP contribution in [0.5, 0.6) is 0 Å². The van der Waals surface area contributed by atoms with Crippen molar-refractivity contribution in [2.24, 2.45) is 0 Å². The lowest BCUT2D eigenvalue weighted by molar-refractivity contribution is -0.138. The summed E-state index contributed by atoms with van der Waals surface area (Å²) in [6, 6.07) is 14.2. The number of likely N-dealkylation sites (tertiary alicyclic amines) is 1. The van der Waals surface area contributed by atoms with Crippen molar-refractivity contribution in [3.05, 3.63) is 53.6 Å². The fourth-order valence-corrected chi connectivity index (χ4v) is 3.51. The van der Waals surface area contributed by atoms with E-state index in [2.05, 4.69) is 17.4 Å². The van der Waals surface area contributed by atoms with Gasteiger partial charge in [0.05, 0.1) is 0 Å². The zero-order valence-electron chi connectivity index (χ0n) is 13.7. The molecule has 126 valence electrons. The van der Waals surface area contributed by atoms with Crippen molar-refractivity contribution in [3.63, 3.8) is 0 Å². The van der Waals surface area contributed by atoms with Gasteiger partial charge >= 0.3 is 0 Å². The SMILES string of the molecule is O=C(CCN1C(=O)CCC1=O)Nc1ccc2c(c1)-c1ccccc1C2. The zero-order valence-corrected chi connectivity index (χ0v) is 13.7. The van der Waals surface area contributed by atoms with Crippen LogP contribution in [0.25, 0.3) is 11.1 Å². The molecule has 5 heteroatoms. The molecule has 2 aromatic carbocycles. The van der Waals surface area contributed by atoms with E-state index in [1.165, 1.54) is 21.6 Å².